The highest BCUT2D eigenvalue weighted by molar-refractivity contribution is 6.06. The molecule has 0 radical (unpaired) electrons. The molecule has 1 aliphatic carbocycles. The minimum absolute atomic E-state index is 0.00815. The minimum Gasteiger partial charge on any atom is -0.466 e. The van der Waals surface area contributed by atoms with Crippen molar-refractivity contribution in [2.24, 2.45) is 0 Å². The molecule has 9 nitrogen and oxygen atoms in total. The van der Waals surface area contributed by atoms with E-state index in [0.717, 1.165) is 44.7 Å². The zero-order valence-electron chi connectivity index (χ0n) is 23.2. The number of carbonyl (C=O) groups is 3. The van der Waals surface area contributed by atoms with Crippen molar-refractivity contribution in [3.63, 3.8) is 0 Å². The van der Waals surface area contributed by atoms with Gasteiger partial charge in [0.1, 0.15) is 5.82 Å². The molecule has 42 heavy (non-hydrogen) atoms. The Hall–Kier alpha value is -4.79. The summed E-state index contributed by atoms with van der Waals surface area (Å²) in [6, 6.07) is 18.2. The summed E-state index contributed by atoms with van der Waals surface area (Å²) in [5, 5.41) is 7.01. The second-order valence-electron chi connectivity index (χ2n) is 11.9. The third-order valence-electron chi connectivity index (χ3n) is 9.36. The number of nitrogens with one attached hydrogen (secondary N) is 2. The maximum atomic E-state index is 13.2. The van der Waals surface area contributed by atoms with Crippen molar-refractivity contribution in [1.82, 2.24) is 9.97 Å². The van der Waals surface area contributed by atoms with Crippen molar-refractivity contribution in [1.29, 1.82) is 0 Å². The SMILES string of the molecule is CCOC(=O)CC12CC(=O)Nc3cccc(c31)N(Cc1ccc3cc4c(cc3n1)CC1(C4)C(=O)Nc3ncccc31)C2. The van der Waals surface area contributed by atoms with Crippen LogP contribution in [0.5, 0.6) is 0 Å². The number of fused-ring (bicyclic) bond motifs is 4. The van der Waals surface area contributed by atoms with Gasteiger partial charge >= 0.3 is 5.97 Å². The van der Waals surface area contributed by atoms with Crippen LogP contribution >= 0.6 is 0 Å². The first-order chi connectivity index (χ1) is 20.4. The number of aromatic nitrogens is 2. The number of hydrogen-bond acceptors (Lipinski definition) is 7. The van der Waals surface area contributed by atoms with E-state index in [4.69, 9.17) is 9.72 Å². The number of hydrogen-bond donors (Lipinski definition) is 2. The molecule has 2 amide bonds. The van der Waals surface area contributed by atoms with Gasteiger partial charge in [-0.1, -0.05) is 18.2 Å². The van der Waals surface area contributed by atoms with E-state index in [-0.39, 0.29) is 30.6 Å². The van der Waals surface area contributed by atoms with Gasteiger partial charge in [0.15, 0.2) is 0 Å². The molecular weight excluding hydrogens is 530 g/mol. The van der Waals surface area contributed by atoms with E-state index in [1.807, 2.05) is 30.3 Å². The number of ether oxygens (including phenoxy) is 1. The zero-order valence-corrected chi connectivity index (χ0v) is 23.2. The van der Waals surface area contributed by atoms with Gasteiger partial charge in [0.05, 0.1) is 36.2 Å². The number of benzene rings is 2. The number of nitrogens with zero attached hydrogens (tertiary/aromatic N) is 3. The van der Waals surface area contributed by atoms with Crippen LogP contribution in [-0.4, -0.2) is 40.9 Å². The maximum Gasteiger partial charge on any atom is 0.306 e. The predicted molar refractivity (Wildman–Crippen MR) is 157 cm³/mol. The maximum absolute atomic E-state index is 13.2. The lowest BCUT2D eigenvalue weighted by Gasteiger charge is -2.33. The number of pyridine rings is 2. The molecule has 0 bridgehead atoms. The van der Waals surface area contributed by atoms with Crippen LogP contribution < -0.4 is 15.5 Å². The summed E-state index contributed by atoms with van der Waals surface area (Å²) in [6.07, 6.45) is 3.36. The largest absolute Gasteiger partial charge is 0.466 e. The smallest absolute Gasteiger partial charge is 0.306 e. The highest BCUT2D eigenvalue weighted by Crippen LogP contribution is 2.52. The van der Waals surface area contributed by atoms with Crippen molar-refractivity contribution in [3.05, 3.63) is 88.7 Å². The van der Waals surface area contributed by atoms with Crippen LogP contribution in [0.2, 0.25) is 0 Å². The summed E-state index contributed by atoms with van der Waals surface area (Å²) >= 11 is 0. The molecule has 2 unspecified atom stereocenters. The monoisotopic (exact) mass is 559 g/mol. The van der Waals surface area contributed by atoms with Crippen LogP contribution in [0.25, 0.3) is 10.9 Å². The third kappa shape index (κ3) is 3.59. The van der Waals surface area contributed by atoms with Gasteiger partial charge in [-0.3, -0.25) is 19.4 Å². The molecule has 1 spiro atoms. The van der Waals surface area contributed by atoms with Crippen molar-refractivity contribution in [3.8, 4) is 0 Å². The van der Waals surface area contributed by atoms with Gasteiger partial charge in [-0.2, -0.15) is 0 Å². The van der Waals surface area contributed by atoms with E-state index in [9.17, 15) is 14.4 Å². The number of amides is 2. The Kier molecular flexibility index (Phi) is 5.26. The lowest BCUT2D eigenvalue weighted by Crippen LogP contribution is -2.42. The first-order valence-electron chi connectivity index (χ1n) is 14.4. The second kappa shape index (κ2) is 8.85. The summed E-state index contributed by atoms with van der Waals surface area (Å²) in [5.41, 5.74) is 6.57. The van der Waals surface area contributed by atoms with Crippen molar-refractivity contribution in [2.45, 2.75) is 50.0 Å². The van der Waals surface area contributed by atoms with Gasteiger partial charge in [0.2, 0.25) is 11.8 Å². The molecule has 210 valence electrons. The van der Waals surface area contributed by atoms with Gasteiger partial charge in [-0.15, -0.1) is 0 Å². The lowest BCUT2D eigenvalue weighted by atomic mass is 9.73. The predicted octanol–water partition coefficient (Wildman–Crippen LogP) is 4.17. The Labute approximate surface area is 242 Å². The van der Waals surface area contributed by atoms with Crippen molar-refractivity contribution in [2.75, 3.05) is 28.7 Å². The highest BCUT2D eigenvalue weighted by Gasteiger charge is 2.52. The second-order valence-corrected chi connectivity index (χ2v) is 11.9. The van der Waals surface area contributed by atoms with Crippen LogP contribution in [0.4, 0.5) is 17.2 Å². The fraction of sp³-hybridized carbons (Fsp3) is 0.303. The minimum atomic E-state index is -0.639. The normalized spacial score (nSPS) is 23.0. The first-order valence-corrected chi connectivity index (χ1v) is 14.4. The fourth-order valence-corrected chi connectivity index (χ4v) is 7.70. The Bertz CT molecular complexity index is 1850. The standard InChI is InChI=1S/C33H29N5O4/c1-2-42-28(40)16-32-15-27(39)36-24-6-3-7-26(29(24)32)38(18-32)17-22-9-8-19-11-20-13-33(14-21(20)12-25(19)35-22)23-5-4-10-34-30(23)37-31(33)41/h3-12H,2,13-18H2,1H3,(H,36,39)(H,34,37,41). The van der Waals surface area contributed by atoms with E-state index >= 15 is 0 Å². The van der Waals surface area contributed by atoms with E-state index in [1.165, 1.54) is 5.56 Å². The molecule has 4 aliphatic rings. The summed E-state index contributed by atoms with van der Waals surface area (Å²) in [5.74, 6) is 0.290. The first kappa shape index (κ1) is 25.0. The van der Waals surface area contributed by atoms with Crippen LogP contribution in [0.15, 0.2) is 60.8 Å². The van der Waals surface area contributed by atoms with Gasteiger partial charge < -0.3 is 20.3 Å². The molecule has 9 heteroatoms. The van der Waals surface area contributed by atoms with Crippen molar-refractivity contribution >= 4 is 45.9 Å². The Balaban J connectivity index is 1.12. The van der Waals surface area contributed by atoms with Gasteiger partial charge in [0, 0.05) is 52.5 Å². The molecule has 2 aromatic heterocycles. The summed E-state index contributed by atoms with van der Waals surface area (Å²) in [7, 11) is 0. The summed E-state index contributed by atoms with van der Waals surface area (Å²) in [6.45, 7) is 3.16. The number of rotatable bonds is 5. The molecule has 2 atom stereocenters. The molecular formula is C33H29N5O4. The number of anilines is 3. The Morgan fingerprint density at radius 3 is 2.74 bits per heavy atom. The van der Waals surface area contributed by atoms with Crippen LogP contribution in [0, 0.1) is 0 Å². The van der Waals surface area contributed by atoms with Gasteiger partial charge in [0.25, 0.3) is 0 Å². The molecule has 8 rings (SSSR count). The zero-order chi connectivity index (χ0) is 28.6. The molecule has 5 heterocycles. The van der Waals surface area contributed by atoms with E-state index in [1.54, 1.807) is 13.1 Å². The third-order valence-corrected chi connectivity index (χ3v) is 9.36. The quantitative estimate of drug-likeness (QED) is 0.353. The molecule has 2 N–H and O–H groups in total. The van der Waals surface area contributed by atoms with Crippen LogP contribution in [0.3, 0.4) is 0 Å². The summed E-state index contributed by atoms with van der Waals surface area (Å²) in [4.78, 5) is 50.2. The van der Waals surface area contributed by atoms with Crippen molar-refractivity contribution < 1.29 is 19.1 Å². The molecule has 0 saturated carbocycles. The average molecular weight is 560 g/mol. The fourth-order valence-electron chi connectivity index (χ4n) is 7.70. The van der Waals surface area contributed by atoms with E-state index < -0.39 is 10.8 Å². The Morgan fingerprint density at radius 1 is 1.02 bits per heavy atom. The topological polar surface area (TPSA) is 114 Å². The summed E-state index contributed by atoms with van der Waals surface area (Å²) < 4.78 is 5.31. The highest BCUT2D eigenvalue weighted by atomic mass is 16.5. The van der Waals surface area contributed by atoms with Gasteiger partial charge in [-0.05, 0) is 67.3 Å². The Morgan fingerprint density at radius 2 is 1.88 bits per heavy atom. The average Bonchev–Trinajstić information content (AvgIpc) is 3.57. The van der Waals surface area contributed by atoms with Gasteiger partial charge in [-0.25, -0.2) is 4.98 Å². The van der Waals surface area contributed by atoms with Crippen LogP contribution in [-0.2, 0) is 49.3 Å². The lowest BCUT2D eigenvalue weighted by molar-refractivity contribution is -0.144. The molecule has 0 saturated heterocycles. The number of carbonyl (C=O) groups excluding carboxylic acids is 3. The number of esters is 1. The molecule has 4 aromatic rings. The van der Waals surface area contributed by atoms with Crippen LogP contribution in [0.1, 0.15) is 47.7 Å². The molecule has 2 aromatic carbocycles. The molecule has 3 aliphatic heterocycles. The van der Waals surface area contributed by atoms with E-state index in [2.05, 4.69) is 44.8 Å². The molecule has 0 fully saturated rings. The van der Waals surface area contributed by atoms with E-state index in [0.29, 0.717) is 38.4 Å².